The first-order chi connectivity index (χ1) is 12.3. The van der Waals surface area contributed by atoms with Crippen LogP contribution in [-0.4, -0.2) is 0 Å². The molecule has 0 aromatic heterocycles. The van der Waals surface area contributed by atoms with Gasteiger partial charge < -0.3 is 0 Å². The molecule has 2 aliphatic carbocycles. The standard InChI is InChI=1S/C25H44/c1-3-5-7-12-22-18-20-23(21-19-22)13-8-9-15-25-17-11-10-16-24(25)14-6-4-2/h3,5-6,14,22-25H,4,7-13,15-21H2,1-2H3/b5-3+,14-6+/t22-,23-,24?,25?. The van der Waals surface area contributed by atoms with Crippen LogP contribution >= 0.6 is 0 Å². The molecule has 2 saturated carbocycles. The van der Waals surface area contributed by atoms with Crippen molar-refractivity contribution < 1.29 is 0 Å². The fourth-order valence-corrected chi connectivity index (χ4v) is 5.31. The molecule has 2 aliphatic rings. The first-order valence-corrected chi connectivity index (χ1v) is 11.6. The minimum Gasteiger partial charge on any atom is -0.0917 e. The quantitative estimate of drug-likeness (QED) is 0.275. The lowest BCUT2D eigenvalue weighted by Gasteiger charge is -2.30. The molecule has 0 radical (unpaired) electrons. The first-order valence-electron chi connectivity index (χ1n) is 11.6. The number of rotatable bonds is 10. The minimum atomic E-state index is 0.904. The van der Waals surface area contributed by atoms with Crippen molar-refractivity contribution in [1.29, 1.82) is 0 Å². The Morgan fingerprint density at radius 1 is 0.760 bits per heavy atom. The second-order valence-corrected chi connectivity index (χ2v) is 8.86. The summed E-state index contributed by atoms with van der Waals surface area (Å²) in [5.41, 5.74) is 0. The summed E-state index contributed by atoms with van der Waals surface area (Å²) in [5, 5.41) is 0. The predicted octanol–water partition coefficient (Wildman–Crippen LogP) is 8.48. The topological polar surface area (TPSA) is 0 Å². The van der Waals surface area contributed by atoms with E-state index in [0.717, 1.165) is 23.7 Å². The molecule has 0 spiro atoms. The SMILES string of the molecule is C/C=C/CC[C@H]1CC[C@H](CCCCC2CCCCC2/C=C/CC)CC1. The van der Waals surface area contributed by atoms with Crippen LogP contribution in [-0.2, 0) is 0 Å². The maximum absolute atomic E-state index is 2.55. The summed E-state index contributed by atoms with van der Waals surface area (Å²) in [6.45, 7) is 4.41. The molecule has 0 N–H and O–H groups in total. The molecule has 0 heteroatoms. The Hall–Kier alpha value is -0.520. The molecule has 144 valence electrons. The maximum Gasteiger partial charge on any atom is -0.0205 e. The van der Waals surface area contributed by atoms with Crippen molar-refractivity contribution in [3.63, 3.8) is 0 Å². The summed E-state index contributed by atoms with van der Waals surface area (Å²) >= 11 is 0. The third-order valence-corrected chi connectivity index (χ3v) is 6.97. The Labute approximate surface area is 158 Å². The minimum absolute atomic E-state index is 0.904. The lowest BCUT2D eigenvalue weighted by molar-refractivity contribution is 0.237. The molecule has 0 aromatic carbocycles. The molecule has 0 aromatic rings. The maximum atomic E-state index is 2.55. The predicted molar refractivity (Wildman–Crippen MR) is 113 cm³/mol. The van der Waals surface area contributed by atoms with Crippen molar-refractivity contribution in [2.75, 3.05) is 0 Å². The highest BCUT2D eigenvalue weighted by Crippen LogP contribution is 2.37. The molecule has 0 aliphatic heterocycles. The van der Waals surface area contributed by atoms with Crippen LogP contribution in [0, 0.1) is 23.7 Å². The van der Waals surface area contributed by atoms with Crippen molar-refractivity contribution in [2.24, 2.45) is 23.7 Å². The van der Waals surface area contributed by atoms with Gasteiger partial charge in [-0.05, 0) is 69.1 Å². The van der Waals surface area contributed by atoms with E-state index in [-0.39, 0.29) is 0 Å². The summed E-state index contributed by atoms with van der Waals surface area (Å²) in [6.07, 6.45) is 31.4. The summed E-state index contributed by atoms with van der Waals surface area (Å²) in [7, 11) is 0. The third-order valence-electron chi connectivity index (χ3n) is 6.97. The molecule has 2 unspecified atom stereocenters. The lowest BCUT2D eigenvalue weighted by atomic mass is 9.75. The van der Waals surface area contributed by atoms with Crippen LogP contribution in [0.3, 0.4) is 0 Å². The molecular weight excluding hydrogens is 300 g/mol. The van der Waals surface area contributed by atoms with E-state index in [0.29, 0.717) is 0 Å². The van der Waals surface area contributed by atoms with Crippen molar-refractivity contribution in [2.45, 2.75) is 110 Å². The van der Waals surface area contributed by atoms with E-state index in [1.807, 2.05) is 0 Å². The van der Waals surface area contributed by atoms with Gasteiger partial charge in [-0.25, -0.2) is 0 Å². The zero-order chi connectivity index (χ0) is 17.7. The van der Waals surface area contributed by atoms with E-state index in [2.05, 4.69) is 38.2 Å². The Balaban J connectivity index is 1.56. The number of allylic oxidation sites excluding steroid dienone is 4. The second-order valence-electron chi connectivity index (χ2n) is 8.86. The van der Waals surface area contributed by atoms with Crippen LogP contribution in [0.15, 0.2) is 24.3 Å². The van der Waals surface area contributed by atoms with Gasteiger partial charge in [0.1, 0.15) is 0 Å². The summed E-state index contributed by atoms with van der Waals surface area (Å²) in [5.74, 6) is 3.99. The van der Waals surface area contributed by atoms with Gasteiger partial charge in [0.2, 0.25) is 0 Å². The van der Waals surface area contributed by atoms with Crippen molar-refractivity contribution in [1.82, 2.24) is 0 Å². The van der Waals surface area contributed by atoms with Crippen LogP contribution in [0.1, 0.15) is 110 Å². The Morgan fingerprint density at radius 2 is 1.44 bits per heavy atom. The summed E-state index contributed by atoms with van der Waals surface area (Å²) < 4.78 is 0. The van der Waals surface area contributed by atoms with Gasteiger partial charge in [0.15, 0.2) is 0 Å². The Morgan fingerprint density at radius 3 is 2.16 bits per heavy atom. The van der Waals surface area contributed by atoms with Crippen LogP contribution in [0.2, 0.25) is 0 Å². The molecule has 0 amide bonds. The summed E-state index contributed by atoms with van der Waals surface area (Å²) in [6, 6.07) is 0. The number of unbranched alkanes of at least 4 members (excludes halogenated alkanes) is 1. The van der Waals surface area contributed by atoms with Gasteiger partial charge in [-0.15, -0.1) is 0 Å². The molecule has 0 saturated heterocycles. The fourth-order valence-electron chi connectivity index (χ4n) is 5.31. The molecule has 0 nitrogen and oxygen atoms in total. The van der Waals surface area contributed by atoms with Crippen molar-refractivity contribution in [3.8, 4) is 0 Å². The molecule has 0 heterocycles. The van der Waals surface area contributed by atoms with Gasteiger partial charge in [-0.2, -0.15) is 0 Å². The highest BCUT2D eigenvalue weighted by atomic mass is 14.3. The average molecular weight is 345 g/mol. The van der Waals surface area contributed by atoms with Gasteiger partial charge in [-0.3, -0.25) is 0 Å². The fraction of sp³-hybridized carbons (Fsp3) is 0.840. The largest absolute Gasteiger partial charge is 0.0917 e. The average Bonchev–Trinajstić information content (AvgIpc) is 2.65. The Kier molecular flexibility index (Phi) is 10.6. The molecule has 0 bridgehead atoms. The van der Waals surface area contributed by atoms with Crippen molar-refractivity contribution >= 4 is 0 Å². The molecule has 2 atom stereocenters. The van der Waals surface area contributed by atoms with Crippen molar-refractivity contribution in [3.05, 3.63) is 24.3 Å². The lowest BCUT2D eigenvalue weighted by Crippen LogP contribution is -2.18. The van der Waals surface area contributed by atoms with E-state index >= 15 is 0 Å². The van der Waals surface area contributed by atoms with Crippen LogP contribution < -0.4 is 0 Å². The highest BCUT2D eigenvalue weighted by Gasteiger charge is 2.23. The van der Waals surface area contributed by atoms with E-state index in [9.17, 15) is 0 Å². The number of hydrogen-bond acceptors (Lipinski definition) is 0. The normalized spacial score (nSPS) is 31.1. The molecular formula is C25H44. The third kappa shape index (κ3) is 8.14. The van der Waals surface area contributed by atoms with E-state index in [4.69, 9.17) is 0 Å². The van der Waals surface area contributed by atoms with E-state index < -0.39 is 0 Å². The molecule has 25 heavy (non-hydrogen) atoms. The zero-order valence-electron chi connectivity index (χ0n) is 17.2. The van der Waals surface area contributed by atoms with Gasteiger partial charge >= 0.3 is 0 Å². The number of hydrogen-bond donors (Lipinski definition) is 0. The van der Waals surface area contributed by atoms with Crippen LogP contribution in [0.5, 0.6) is 0 Å². The molecule has 2 rings (SSSR count). The zero-order valence-corrected chi connectivity index (χ0v) is 17.2. The van der Waals surface area contributed by atoms with Crippen LogP contribution in [0.25, 0.3) is 0 Å². The second kappa shape index (κ2) is 12.8. The Bertz CT molecular complexity index is 369. The molecule has 2 fully saturated rings. The highest BCUT2D eigenvalue weighted by molar-refractivity contribution is 4.93. The van der Waals surface area contributed by atoms with Gasteiger partial charge in [0.25, 0.3) is 0 Å². The van der Waals surface area contributed by atoms with Crippen LogP contribution in [0.4, 0.5) is 0 Å². The smallest absolute Gasteiger partial charge is 0.0205 e. The van der Waals surface area contributed by atoms with E-state index in [1.165, 1.54) is 96.3 Å². The first kappa shape index (κ1) is 20.8. The monoisotopic (exact) mass is 344 g/mol. The van der Waals surface area contributed by atoms with E-state index in [1.54, 1.807) is 0 Å². The van der Waals surface area contributed by atoms with Gasteiger partial charge in [0.05, 0.1) is 0 Å². The summed E-state index contributed by atoms with van der Waals surface area (Å²) in [4.78, 5) is 0. The van der Waals surface area contributed by atoms with Gasteiger partial charge in [0, 0.05) is 0 Å². The van der Waals surface area contributed by atoms with Gasteiger partial charge in [-0.1, -0.05) is 89.0 Å².